The lowest BCUT2D eigenvalue weighted by Crippen LogP contribution is -2.27. The minimum atomic E-state index is -3.88. The first-order valence-corrected chi connectivity index (χ1v) is 8.46. The summed E-state index contributed by atoms with van der Waals surface area (Å²) in [6.07, 6.45) is 0. The lowest BCUT2D eigenvalue weighted by molar-refractivity contribution is 0.0696. The topological polar surface area (TPSA) is 95.5 Å². The lowest BCUT2D eigenvalue weighted by atomic mass is 10.1. The van der Waals surface area contributed by atoms with Crippen molar-refractivity contribution < 1.29 is 18.3 Å². The molecule has 2 rings (SSSR count). The molecule has 1 atom stereocenters. The summed E-state index contributed by atoms with van der Waals surface area (Å²) in [7, 11) is -2.30. The van der Waals surface area contributed by atoms with E-state index in [0.717, 1.165) is 11.6 Å². The van der Waals surface area contributed by atoms with E-state index in [4.69, 9.17) is 5.11 Å². The third kappa shape index (κ3) is 3.88. The molecule has 0 saturated heterocycles. The van der Waals surface area contributed by atoms with Crippen molar-refractivity contribution in [3.63, 3.8) is 0 Å². The van der Waals surface area contributed by atoms with Gasteiger partial charge in [-0.2, -0.15) is 0 Å². The van der Waals surface area contributed by atoms with Crippen molar-refractivity contribution in [3.8, 4) is 0 Å². The van der Waals surface area contributed by atoms with Crippen LogP contribution in [0.2, 0.25) is 0 Å². The zero-order chi connectivity index (χ0) is 17.0. The molecule has 23 heavy (non-hydrogen) atoms. The van der Waals surface area contributed by atoms with Crippen molar-refractivity contribution in [2.45, 2.75) is 17.9 Å². The number of sulfonamides is 1. The van der Waals surface area contributed by atoms with Crippen LogP contribution in [0, 0.1) is 0 Å². The first-order chi connectivity index (χ1) is 10.8. The van der Waals surface area contributed by atoms with Crippen molar-refractivity contribution in [2.75, 3.05) is 12.4 Å². The van der Waals surface area contributed by atoms with Crippen molar-refractivity contribution >= 4 is 21.7 Å². The molecule has 122 valence electrons. The van der Waals surface area contributed by atoms with Gasteiger partial charge in [0, 0.05) is 13.1 Å². The summed E-state index contributed by atoms with van der Waals surface area (Å²) < 4.78 is 27.8. The molecule has 0 fully saturated rings. The normalized spacial score (nSPS) is 12.6. The molecule has 0 aliphatic carbocycles. The number of nitrogens with one attached hydrogen (secondary N) is 2. The summed E-state index contributed by atoms with van der Waals surface area (Å²) in [5.74, 6) is -1.18. The molecule has 0 radical (unpaired) electrons. The van der Waals surface area contributed by atoms with Gasteiger partial charge in [0.2, 0.25) is 10.0 Å². The highest BCUT2D eigenvalue weighted by Crippen LogP contribution is 2.24. The second-order valence-electron chi connectivity index (χ2n) is 5.02. The number of rotatable bonds is 6. The Hall–Kier alpha value is -2.38. The Morgan fingerprint density at radius 3 is 2.35 bits per heavy atom. The van der Waals surface area contributed by atoms with Gasteiger partial charge in [-0.1, -0.05) is 30.3 Å². The number of benzene rings is 2. The molecule has 0 aromatic heterocycles. The fourth-order valence-electron chi connectivity index (χ4n) is 2.19. The smallest absolute Gasteiger partial charge is 0.335 e. The summed E-state index contributed by atoms with van der Waals surface area (Å²) in [4.78, 5) is 11.0. The molecule has 0 saturated carbocycles. The Labute approximate surface area is 135 Å². The Kier molecular flexibility index (Phi) is 5.02. The van der Waals surface area contributed by atoms with Crippen LogP contribution in [0.25, 0.3) is 0 Å². The Bertz CT molecular complexity index is 804. The summed E-state index contributed by atoms with van der Waals surface area (Å²) in [5, 5.41) is 11.8. The van der Waals surface area contributed by atoms with E-state index in [-0.39, 0.29) is 10.5 Å². The maximum Gasteiger partial charge on any atom is 0.335 e. The van der Waals surface area contributed by atoms with Crippen molar-refractivity contribution in [1.29, 1.82) is 0 Å². The standard InChI is InChI=1S/C16H18N2O4S/c1-11(12-6-4-3-5-7-12)18-23(21,22)15-10-13(16(19)20)8-9-14(15)17-2/h3-11,17-18H,1-2H3,(H,19,20)/t11-/m0/s1. The van der Waals surface area contributed by atoms with E-state index in [1.54, 1.807) is 14.0 Å². The highest BCUT2D eigenvalue weighted by atomic mass is 32.2. The largest absolute Gasteiger partial charge is 0.478 e. The van der Waals surface area contributed by atoms with Crippen molar-refractivity contribution in [1.82, 2.24) is 4.72 Å². The van der Waals surface area contributed by atoms with E-state index in [1.807, 2.05) is 30.3 Å². The fourth-order valence-corrected chi connectivity index (χ4v) is 3.66. The molecule has 0 aliphatic rings. The van der Waals surface area contributed by atoms with Crippen LogP contribution in [-0.2, 0) is 10.0 Å². The maximum atomic E-state index is 12.6. The monoisotopic (exact) mass is 334 g/mol. The van der Waals surface area contributed by atoms with Crippen LogP contribution in [0.4, 0.5) is 5.69 Å². The molecule has 0 amide bonds. The quantitative estimate of drug-likeness (QED) is 0.754. The van der Waals surface area contributed by atoms with Crippen molar-refractivity contribution in [2.24, 2.45) is 0 Å². The molecule has 0 heterocycles. The first kappa shape index (κ1) is 17.0. The summed E-state index contributed by atoms with van der Waals surface area (Å²) in [6.45, 7) is 1.73. The lowest BCUT2D eigenvalue weighted by Gasteiger charge is -2.17. The van der Waals surface area contributed by atoms with E-state index in [0.29, 0.717) is 5.69 Å². The molecule has 2 aromatic carbocycles. The van der Waals surface area contributed by atoms with Gasteiger partial charge < -0.3 is 10.4 Å². The van der Waals surface area contributed by atoms with E-state index >= 15 is 0 Å². The second-order valence-corrected chi connectivity index (χ2v) is 6.70. The van der Waals surface area contributed by atoms with Crippen LogP contribution in [0.1, 0.15) is 28.9 Å². The van der Waals surface area contributed by atoms with Crippen LogP contribution in [0.15, 0.2) is 53.4 Å². The molecule has 0 spiro atoms. The van der Waals surface area contributed by atoms with Gasteiger partial charge in [0.15, 0.2) is 0 Å². The van der Waals surface area contributed by atoms with Crippen LogP contribution in [0.5, 0.6) is 0 Å². The third-order valence-electron chi connectivity index (χ3n) is 3.42. The van der Waals surface area contributed by atoms with Crippen LogP contribution in [0.3, 0.4) is 0 Å². The molecule has 0 bridgehead atoms. The van der Waals surface area contributed by atoms with Gasteiger partial charge in [-0.3, -0.25) is 0 Å². The van der Waals surface area contributed by atoms with E-state index in [2.05, 4.69) is 10.0 Å². The van der Waals surface area contributed by atoms with Crippen LogP contribution in [-0.4, -0.2) is 26.5 Å². The van der Waals surface area contributed by atoms with Crippen LogP contribution < -0.4 is 10.0 Å². The van der Waals surface area contributed by atoms with E-state index in [9.17, 15) is 13.2 Å². The highest BCUT2D eigenvalue weighted by molar-refractivity contribution is 7.89. The minimum absolute atomic E-state index is 0.0864. The number of aromatic carboxylic acids is 1. The van der Waals surface area contributed by atoms with E-state index in [1.165, 1.54) is 12.1 Å². The summed E-state index contributed by atoms with van der Waals surface area (Å²) in [6, 6.07) is 12.6. The average molecular weight is 334 g/mol. The van der Waals surface area contributed by atoms with Gasteiger partial charge in [-0.05, 0) is 30.7 Å². The molecule has 0 unspecified atom stereocenters. The Balaban J connectivity index is 2.39. The molecule has 3 N–H and O–H groups in total. The molecular formula is C16H18N2O4S. The van der Waals surface area contributed by atoms with Gasteiger partial charge in [0.1, 0.15) is 4.90 Å². The van der Waals surface area contributed by atoms with Crippen molar-refractivity contribution in [3.05, 3.63) is 59.7 Å². The molecular weight excluding hydrogens is 316 g/mol. The first-order valence-electron chi connectivity index (χ1n) is 6.97. The number of carboxylic acids is 1. The number of carboxylic acid groups (broad SMARTS) is 1. The van der Waals surface area contributed by atoms with Gasteiger partial charge in [-0.25, -0.2) is 17.9 Å². The van der Waals surface area contributed by atoms with Gasteiger partial charge in [0.25, 0.3) is 0 Å². The molecule has 0 aliphatic heterocycles. The zero-order valence-electron chi connectivity index (χ0n) is 12.8. The molecule has 7 heteroatoms. The number of carbonyl (C=O) groups is 1. The number of hydrogen-bond acceptors (Lipinski definition) is 4. The minimum Gasteiger partial charge on any atom is -0.478 e. The fraction of sp³-hybridized carbons (Fsp3) is 0.188. The Morgan fingerprint density at radius 1 is 1.13 bits per heavy atom. The number of anilines is 1. The third-order valence-corrected chi connectivity index (χ3v) is 5.00. The average Bonchev–Trinajstić information content (AvgIpc) is 2.54. The highest BCUT2D eigenvalue weighted by Gasteiger charge is 2.23. The number of hydrogen-bond donors (Lipinski definition) is 3. The molecule has 2 aromatic rings. The predicted octanol–water partition coefficient (Wildman–Crippen LogP) is 2.47. The van der Waals surface area contributed by atoms with Gasteiger partial charge in [-0.15, -0.1) is 0 Å². The Morgan fingerprint density at radius 2 is 1.78 bits per heavy atom. The summed E-state index contributed by atoms with van der Waals surface area (Å²) in [5.41, 5.74) is 1.07. The van der Waals surface area contributed by atoms with Crippen LogP contribution >= 0.6 is 0 Å². The van der Waals surface area contributed by atoms with Gasteiger partial charge in [0.05, 0.1) is 11.3 Å². The SMILES string of the molecule is CNc1ccc(C(=O)O)cc1S(=O)(=O)N[C@@H](C)c1ccccc1. The maximum absolute atomic E-state index is 12.6. The summed E-state index contributed by atoms with van der Waals surface area (Å²) >= 11 is 0. The molecule has 6 nitrogen and oxygen atoms in total. The second kappa shape index (κ2) is 6.80. The van der Waals surface area contributed by atoms with E-state index < -0.39 is 22.0 Å². The zero-order valence-corrected chi connectivity index (χ0v) is 13.6. The van der Waals surface area contributed by atoms with Gasteiger partial charge >= 0.3 is 5.97 Å². The predicted molar refractivity (Wildman–Crippen MR) is 88.1 cm³/mol.